The van der Waals surface area contributed by atoms with Gasteiger partial charge in [-0.15, -0.1) is 0 Å². The van der Waals surface area contributed by atoms with Crippen LogP contribution in [0.2, 0.25) is 0 Å². The van der Waals surface area contributed by atoms with Gasteiger partial charge in [0, 0.05) is 31.6 Å². The van der Waals surface area contributed by atoms with Crippen LogP contribution in [0.15, 0.2) is 67.3 Å². The summed E-state index contributed by atoms with van der Waals surface area (Å²) < 4.78 is 8.94. The highest BCUT2D eigenvalue weighted by molar-refractivity contribution is 5.93. The topological polar surface area (TPSA) is 73.5 Å². The van der Waals surface area contributed by atoms with Gasteiger partial charge in [0.1, 0.15) is 17.1 Å². The minimum absolute atomic E-state index is 0.167. The van der Waals surface area contributed by atoms with Crippen LogP contribution in [0, 0.1) is 0 Å². The number of carbonyl (C=O) groups is 1. The Kier molecular flexibility index (Phi) is 4.57. The number of imidazole rings is 1. The highest BCUT2D eigenvalue weighted by atomic mass is 16.5. The Morgan fingerprint density at radius 2 is 2.00 bits per heavy atom. The number of carbonyl (C=O) groups excluding carboxylic acids is 1. The van der Waals surface area contributed by atoms with Crippen molar-refractivity contribution in [2.45, 2.75) is 6.42 Å². The predicted molar refractivity (Wildman–Crippen MR) is 101 cm³/mol. The third-order valence-electron chi connectivity index (χ3n) is 4.26. The zero-order valence-corrected chi connectivity index (χ0v) is 14.9. The van der Waals surface area contributed by atoms with E-state index in [-0.39, 0.29) is 5.91 Å². The fraction of sp³-hybridized carbons (Fsp3) is 0.150. The first-order chi connectivity index (χ1) is 13.2. The maximum Gasteiger partial charge on any atom is 0.254 e. The molecule has 0 radical (unpaired) electrons. The normalized spacial score (nSPS) is 10.9. The van der Waals surface area contributed by atoms with E-state index >= 15 is 0 Å². The lowest BCUT2D eigenvalue weighted by Gasteiger charge is -2.07. The molecule has 3 aromatic heterocycles. The molecule has 7 nitrogen and oxygen atoms in total. The molecule has 0 aliphatic heterocycles. The molecule has 1 N–H and O–H groups in total. The Hall–Kier alpha value is -3.61. The first-order valence-corrected chi connectivity index (χ1v) is 8.63. The predicted octanol–water partition coefficient (Wildman–Crippen LogP) is 2.50. The number of pyridine rings is 1. The van der Waals surface area contributed by atoms with Crippen molar-refractivity contribution in [3.63, 3.8) is 0 Å². The van der Waals surface area contributed by atoms with Crippen LogP contribution in [0.3, 0.4) is 0 Å². The monoisotopic (exact) mass is 361 g/mol. The van der Waals surface area contributed by atoms with Gasteiger partial charge >= 0.3 is 0 Å². The smallest absolute Gasteiger partial charge is 0.254 e. The number of benzene rings is 1. The molecule has 0 aliphatic carbocycles. The van der Waals surface area contributed by atoms with E-state index in [2.05, 4.69) is 15.4 Å². The zero-order valence-electron chi connectivity index (χ0n) is 14.9. The lowest BCUT2D eigenvalue weighted by molar-refractivity contribution is 0.0954. The van der Waals surface area contributed by atoms with Crippen LogP contribution in [0.1, 0.15) is 16.1 Å². The second kappa shape index (κ2) is 7.33. The Morgan fingerprint density at radius 3 is 2.85 bits per heavy atom. The third-order valence-corrected chi connectivity index (χ3v) is 4.26. The number of amides is 1. The van der Waals surface area contributed by atoms with E-state index in [0.717, 1.165) is 17.0 Å². The quantitative estimate of drug-likeness (QED) is 0.573. The van der Waals surface area contributed by atoms with Gasteiger partial charge in [-0.1, -0.05) is 18.2 Å². The van der Waals surface area contributed by atoms with E-state index in [9.17, 15) is 4.79 Å². The number of hydrogen-bond donors (Lipinski definition) is 1. The molecule has 0 aliphatic rings. The van der Waals surface area contributed by atoms with Gasteiger partial charge in [0.2, 0.25) is 0 Å². The average molecular weight is 361 g/mol. The molecule has 4 rings (SSSR count). The van der Waals surface area contributed by atoms with Crippen LogP contribution < -0.4 is 10.1 Å². The molecular formula is C20H19N5O2. The lowest BCUT2D eigenvalue weighted by atomic mass is 10.3. The third kappa shape index (κ3) is 3.52. The summed E-state index contributed by atoms with van der Waals surface area (Å²) in [4.78, 5) is 16.9. The molecule has 7 heteroatoms. The molecule has 0 spiro atoms. The number of nitrogens with one attached hydrogen (secondary N) is 1. The van der Waals surface area contributed by atoms with Gasteiger partial charge in [-0.05, 0) is 24.3 Å². The standard InChI is InChI=1S/C20H19N5O2/c1-27-18-7-3-2-6-17(18)25-13-15(12-22-25)20(26)21-10-9-16-14-24-11-5-4-8-19(24)23-16/h2-8,11-14H,9-10H2,1H3,(H,21,26). The molecule has 3 heterocycles. The van der Waals surface area contributed by atoms with Crippen molar-refractivity contribution in [2.75, 3.05) is 13.7 Å². The molecule has 1 amide bonds. The summed E-state index contributed by atoms with van der Waals surface area (Å²) in [5.41, 5.74) is 3.11. The molecule has 0 saturated heterocycles. The zero-order chi connectivity index (χ0) is 18.6. The highest BCUT2D eigenvalue weighted by Gasteiger charge is 2.11. The Labute approximate surface area is 156 Å². The molecule has 0 unspecified atom stereocenters. The number of methoxy groups -OCH3 is 1. The van der Waals surface area contributed by atoms with Crippen molar-refractivity contribution in [3.8, 4) is 11.4 Å². The van der Waals surface area contributed by atoms with Gasteiger partial charge in [-0.3, -0.25) is 4.79 Å². The lowest BCUT2D eigenvalue weighted by Crippen LogP contribution is -2.25. The van der Waals surface area contributed by atoms with E-state index in [1.807, 2.05) is 59.3 Å². The van der Waals surface area contributed by atoms with Crippen molar-refractivity contribution < 1.29 is 9.53 Å². The summed E-state index contributed by atoms with van der Waals surface area (Å²) in [7, 11) is 1.61. The van der Waals surface area contributed by atoms with E-state index in [0.29, 0.717) is 24.3 Å². The SMILES string of the molecule is COc1ccccc1-n1cc(C(=O)NCCc2cn3ccccc3n2)cn1. The summed E-state index contributed by atoms with van der Waals surface area (Å²) in [5.74, 6) is 0.527. The van der Waals surface area contributed by atoms with Crippen LogP contribution >= 0.6 is 0 Å². The van der Waals surface area contributed by atoms with Crippen molar-refractivity contribution in [3.05, 3.63) is 78.5 Å². The van der Waals surface area contributed by atoms with Crippen LogP contribution in [-0.2, 0) is 6.42 Å². The minimum atomic E-state index is -0.167. The van der Waals surface area contributed by atoms with Gasteiger partial charge in [0.05, 0.1) is 24.6 Å². The summed E-state index contributed by atoms with van der Waals surface area (Å²) in [5, 5.41) is 7.18. The molecule has 0 fully saturated rings. The molecule has 1 aromatic carbocycles. The molecule has 136 valence electrons. The molecule has 0 saturated carbocycles. The fourth-order valence-corrected chi connectivity index (χ4v) is 2.90. The van der Waals surface area contributed by atoms with Crippen molar-refractivity contribution in [1.82, 2.24) is 24.5 Å². The number of ether oxygens (including phenoxy) is 1. The molecular weight excluding hydrogens is 342 g/mol. The van der Waals surface area contributed by atoms with Gasteiger partial charge in [-0.2, -0.15) is 5.10 Å². The highest BCUT2D eigenvalue weighted by Crippen LogP contribution is 2.21. The molecule has 4 aromatic rings. The van der Waals surface area contributed by atoms with Crippen LogP contribution in [0.25, 0.3) is 11.3 Å². The number of rotatable bonds is 6. The second-order valence-electron chi connectivity index (χ2n) is 6.05. The van der Waals surface area contributed by atoms with Gasteiger partial charge < -0.3 is 14.5 Å². The van der Waals surface area contributed by atoms with Gasteiger partial charge in [0.15, 0.2) is 0 Å². The number of hydrogen-bond acceptors (Lipinski definition) is 4. The van der Waals surface area contributed by atoms with Crippen LogP contribution in [-0.4, -0.2) is 38.7 Å². The number of fused-ring (bicyclic) bond motifs is 1. The van der Waals surface area contributed by atoms with Crippen LogP contribution in [0.5, 0.6) is 5.75 Å². The Morgan fingerprint density at radius 1 is 1.15 bits per heavy atom. The summed E-state index contributed by atoms with van der Waals surface area (Å²) in [6.07, 6.45) is 7.83. The summed E-state index contributed by atoms with van der Waals surface area (Å²) in [6, 6.07) is 13.4. The van der Waals surface area contributed by atoms with Crippen molar-refractivity contribution in [2.24, 2.45) is 0 Å². The van der Waals surface area contributed by atoms with E-state index in [4.69, 9.17) is 4.74 Å². The molecule has 27 heavy (non-hydrogen) atoms. The largest absolute Gasteiger partial charge is 0.494 e. The van der Waals surface area contributed by atoms with E-state index in [1.165, 1.54) is 0 Å². The summed E-state index contributed by atoms with van der Waals surface area (Å²) in [6.45, 7) is 0.503. The first-order valence-electron chi connectivity index (χ1n) is 8.63. The molecule has 0 atom stereocenters. The first kappa shape index (κ1) is 16.8. The second-order valence-corrected chi connectivity index (χ2v) is 6.05. The number of para-hydroxylation sites is 2. The van der Waals surface area contributed by atoms with Gasteiger partial charge in [-0.25, -0.2) is 9.67 Å². The maximum atomic E-state index is 12.4. The number of nitrogens with zero attached hydrogens (tertiary/aromatic N) is 4. The molecule has 0 bridgehead atoms. The van der Waals surface area contributed by atoms with E-state index < -0.39 is 0 Å². The fourth-order valence-electron chi connectivity index (χ4n) is 2.90. The Balaban J connectivity index is 1.39. The van der Waals surface area contributed by atoms with E-state index in [1.54, 1.807) is 24.2 Å². The average Bonchev–Trinajstić information content (AvgIpc) is 3.34. The summed E-state index contributed by atoms with van der Waals surface area (Å²) >= 11 is 0. The number of aromatic nitrogens is 4. The maximum absolute atomic E-state index is 12.4. The minimum Gasteiger partial charge on any atom is -0.494 e. The van der Waals surface area contributed by atoms with Crippen molar-refractivity contribution in [1.29, 1.82) is 0 Å². The van der Waals surface area contributed by atoms with Gasteiger partial charge in [0.25, 0.3) is 5.91 Å². The van der Waals surface area contributed by atoms with Crippen molar-refractivity contribution >= 4 is 11.6 Å². The Bertz CT molecular complexity index is 1050. The van der Waals surface area contributed by atoms with Crippen LogP contribution in [0.4, 0.5) is 0 Å².